The van der Waals surface area contributed by atoms with Crippen LogP contribution in [0.1, 0.15) is 41.6 Å². The lowest BCUT2D eigenvalue weighted by Gasteiger charge is -2.28. The number of rotatable bonds is 6. The molecule has 28 heavy (non-hydrogen) atoms. The zero-order valence-corrected chi connectivity index (χ0v) is 16.0. The number of hydrogen-bond acceptors (Lipinski definition) is 7. The first-order valence-electron chi connectivity index (χ1n) is 9.31. The van der Waals surface area contributed by atoms with Crippen LogP contribution in [0.3, 0.4) is 0 Å². The second kappa shape index (κ2) is 7.85. The lowest BCUT2D eigenvalue weighted by molar-refractivity contribution is -0.122. The molecule has 0 unspecified atom stereocenters. The Hall–Kier alpha value is -3.14. The Bertz CT molecular complexity index is 963. The van der Waals surface area contributed by atoms with E-state index in [2.05, 4.69) is 65.2 Å². The molecule has 0 aliphatic carbocycles. The van der Waals surface area contributed by atoms with Gasteiger partial charge in [0.2, 0.25) is 5.91 Å². The van der Waals surface area contributed by atoms with Gasteiger partial charge in [0.1, 0.15) is 12.4 Å². The van der Waals surface area contributed by atoms with Gasteiger partial charge in [0.05, 0.1) is 12.6 Å². The summed E-state index contributed by atoms with van der Waals surface area (Å²) in [6, 6.07) is 8.18. The van der Waals surface area contributed by atoms with Crippen LogP contribution in [0.4, 0.5) is 0 Å². The van der Waals surface area contributed by atoms with Crippen LogP contribution >= 0.6 is 0 Å². The van der Waals surface area contributed by atoms with Crippen molar-refractivity contribution in [1.29, 1.82) is 0 Å². The van der Waals surface area contributed by atoms with Crippen LogP contribution in [0.25, 0.3) is 0 Å². The molecule has 3 aromatic rings. The summed E-state index contributed by atoms with van der Waals surface area (Å²) in [5.74, 6) is 1.75. The Morgan fingerprint density at radius 1 is 1.32 bits per heavy atom. The SMILES string of the molecule is Cc1nc([C@H](C)NC(=O)Cn2nnnc2CN2CCc3ccccc3C2)n[nH]1. The average molecular weight is 381 g/mol. The minimum absolute atomic E-state index is 0.0561. The zero-order chi connectivity index (χ0) is 19.5. The summed E-state index contributed by atoms with van der Waals surface area (Å²) in [5.41, 5.74) is 2.73. The van der Waals surface area contributed by atoms with E-state index < -0.39 is 0 Å². The lowest BCUT2D eigenvalue weighted by Crippen LogP contribution is -2.34. The van der Waals surface area contributed by atoms with Crippen molar-refractivity contribution in [2.75, 3.05) is 6.54 Å². The van der Waals surface area contributed by atoms with Gasteiger partial charge in [-0.15, -0.1) is 5.10 Å². The highest BCUT2D eigenvalue weighted by Crippen LogP contribution is 2.19. The molecular formula is C18H23N9O. The smallest absolute Gasteiger partial charge is 0.242 e. The van der Waals surface area contributed by atoms with Gasteiger partial charge in [-0.2, -0.15) is 5.10 Å². The fourth-order valence-electron chi connectivity index (χ4n) is 3.39. The summed E-state index contributed by atoms with van der Waals surface area (Å²) in [6.07, 6.45) is 1.01. The second-order valence-corrected chi connectivity index (χ2v) is 7.05. The van der Waals surface area contributed by atoms with Gasteiger partial charge in [0.25, 0.3) is 0 Å². The van der Waals surface area contributed by atoms with Gasteiger partial charge in [-0.3, -0.25) is 14.8 Å². The van der Waals surface area contributed by atoms with Gasteiger partial charge in [0, 0.05) is 13.1 Å². The van der Waals surface area contributed by atoms with E-state index in [1.807, 2.05) is 13.8 Å². The molecule has 2 aromatic heterocycles. The molecule has 0 saturated carbocycles. The number of aromatic amines is 1. The third kappa shape index (κ3) is 4.06. The number of tetrazole rings is 1. The van der Waals surface area contributed by atoms with Gasteiger partial charge in [0.15, 0.2) is 11.6 Å². The molecule has 1 amide bonds. The number of carbonyl (C=O) groups excluding carboxylic acids is 1. The highest BCUT2D eigenvalue weighted by Gasteiger charge is 2.20. The van der Waals surface area contributed by atoms with Crippen molar-refractivity contribution in [2.24, 2.45) is 0 Å². The van der Waals surface area contributed by atoms with Crippen LogP contribution in [0.15, 0.2) is 24.3 Å². The zero-order valence-electron chi connectivity index (χ0n) is 16.0. The molecular weight excluding hydrogens is 358 g/mol. The molecule has 146 valence electrons. The maximum absolute atomic E-state index is 12.4. The number of nitrogens with zero attached hydrogens (tertiary/aromatic N) is 7. The monoisotopic (exact) mass is 381 g/mol. The first kappa shape index (κ1) is 18.2. The van der Waals surface area contributed by atoms with Crippen LogP contribution in [-0.2, 0) is 30.8 Å². The third-order valence-corrected chi connectivity index (χ3v) is 4.85. The highest BCUT2D eigenvalue weighted by molar-refractivity contribution is 5.76. The van der Waals surface area contributed by atoms with Crippen molar-refractivity contribution in [3.05, 3.63) is 52.9 Å². The standard InChI is InChI=1S/C18H23N9O/c1-12(18-20-13(2)21-23-18)19-17(28)11-27-16(22-24-25-27)10-26-8-7-14-5-3-4-6-15(14)9-26/h3-6,12H,7-11H2,1-2H3,(H,19,28)(H,20,21,23)/t12-/m0/s1. The first-order valence-corrected chi connectivity index (χ1v) is 9.31. The molecule has 0 saturated heterocycles. The van der Waals surface area contributed by atoms with Crippen molar-refractivity contribution in [2.45, 2.75) is 45.9 Å². The van der Waals surface area contributed by atoms with Crippen LogP contribution in [0.2, 0.25) is 0 Å². The molecule has 1 aromatic carbocycles. The Morgan fingerprint density at radius 2 is 2.14 bits per heavy atom. The number of aromatic nitrogens is 7. The maximum atomic E-state index is 12.4. The normalized spacial score (nSPS) is 15.2. The van der Waals surface area contributed by atoms with E-state index in [1.54, 1.807) is 4.68 Å². The van der Waals surface area contributed by atoms with E-state index >= 15 is 0 Å². The number of carbonyl (C=O) groups is 1. The van der Waals surface area contributed by atoms with E-state index in [4.69, 9.17) is 0 Å². The van der Waals surface area contributed by atoms with Crippen LogP contribution in [0, 0.1) is 6.92 Å². The number of benzene rings is 1. The van der Waals surface area contributed by atoms with Crippen molar-refractivity contribution in [1.82, 2.24) is 45.6 Å². The quantitative estimate of drug-likeness (QED) is 0.640. The van der Waals surface area contributed by atoms with Crippen molar-refractivity contribution >= 4 is 5.91 Å². The Labute approximate surface area is 162 Å². The molecule has 1 aliphatic heterocycles. The molecule has 10 nitrogen and oxygen atoms in total. The summed E-state index contributed by atoms with van der Waals surface area (Å²) in [5, 5.41) is 21.6. The lowest BCUT2D eigenvalue weighted by atomic mass is 10.00. The van der Waals surface area contributed by atoms with Gasteiger partial charge in [-0.05, 0) is 41.8 Å². The third-order valence-electron chi connectivity index (χ3n) is 4.85. The molecule has 0 fully saturated rings. The summed E-state index contributed by atoms with van der Waals surface area (Å²) < 4.78 is 1.55. The average Bonchev–Trinajstić information content (AvgIpc) is 3.31. The number of fused-ring (bicyclic) bond motifs is 1. The summed E-state index contributed by atoms with van der Waals surface area (Å²) in [6.45, 7) is 6.11. The Balaban J connectivity index is 1.36. The number of nitrogens with one attached hydrogen (secondary N) is 2. The van der Waals surface area contributed by atoms with Gasteiger partial charge in [-0.25, -0.2) is 9.67 Å². The Morgan fingerprint density at radius 3 is 2.93 bits per heavy atom. The Kier molecular flexibility index (Phi) is 5.11. The minimum Gasteiger partial charge on any atom is -0.345 e. The van der Waals surface area contributed by atoms with Crippen LogP contribution < -0.4 is 5.32 Å². The molecule has 3 heterocycles. The summed E-state index contributed by atoms with van der Waals surface area (Å²) in [4.78, 5) is 18.9. The number of H-pyrrole nitrogens is 1. The molecule has 1 atom stereocenters. The predicted molar refractivity (Wildman–Crippen MR) is 99.8 cm³/mol. The molecule has 4 rings (SSSR count). The minimum atomic E-state index is -0.295. The molecule has 0 spiro atoms. The first-order chi connectivity index (χ1) is 13.6. The second-order valence-electron chi connectivity index (χ2n) is 7.05. The molecule has 2 N–H and O–H groups in total. The van der Waals surface area contributed by atoms with Gasteiger partial charge >= 0.3 is 0 Å². The maximum Gasteiger partial charge on any atom is 0.242 e. The number of aryl methyl sites for hydroxylation is 1. The van der Waals surface area contributed by atoms with Gasteiger partial charge < -0.3 is 5.32 Å². The van der Waals surface area contributed by atoms with E-state index in [-0.39, 0.29) is 18.5 Å². The van der Waals surface area contributed by atoms with Gasteiger partial charge in [-0.1, -0.05) is 24.3 Å². The molecule has 1 aliphatic rings. The van der Waals surface area contributed by atoms with Crippen LogP contribution in [0.5, 0.6) is 0 Å². The van der Waals surface area contributed by atoms with Crippen molar-refractivity contribution in [3.8, 4) is 0 Å². The summed E-state index contributed by atoms with van der Waals surface area (Å²) >= 11 is 0. The van der Waals surface area contributed by atoms with E-state index in [0.29, 0.717) is 24.0 Å². The largest absolute Gasteiger partial charge is 0.345 e. The van der Waals surface area contributed by atoms with Crippen molar-refractivity contribution < 1.29 is 4.79 Å². The molecule has 0 bridgehead atoms. The van der Waals surface area contributed by atoms with Crippen molar-refractivity contribution in [3.63, 3.8) is 0 Å². The highest BCUT2D eigenvalue weighted by atomic mass is 16.2. The number of hydrogen-bond donors (Lipinski definition) is 2. The van der Waals surface area contributed by atoms with Crippen LogP contribution in [-0.4, -0.2) is 52.7 Å². The molecule has 0 radical (unpaired) electrons. The molecule has 10 heteroatoms. The topological polar surface area (TPSA) is 118 Å². The van der Waals surface area contributed by atoms with E-state index in [9.17, 15) is 4.79 Å². The fraction of sp³-hybridized carbons (Fsp3) is 0.444. The number of amides is 1. The predicted octanol–water partition coefficient (Wildman–Crippen LogP) is 0.535. The fourth-order valence-corrected chi connectivity index (χ4v) is 3.39. The summed E-state index contributed by atoms with van der Waals surface area (Å²) in [7, 11) is 0. The van der Waals surface area contributed by atoms with E-state index in [0.717, 1.165) is 19.5 Å². The van der Waals surface area contributed by atoms with E-state index in [1.165, 1.54) is 11.1 Å².